The van der Waals surface area contributed by atoms with Gasteiger partial charge in [0, 0.05) is 32.5 Å². The summed E-state index contributed by atoms with van der Waals surface area (Å²) < 4.78 is 179. The van der Waals surface area contributed by atoms with Gasteiger partial charge in [0.15, 0.2) is 0 Å². The molecule has 0 bridgehead atoms. The van der Waals surface area contributed by atoms with Gasteiger partial charge in [-0.2, -0.15) is 63.2 Å². The van der Waals surface area contributed by atoms with Crippen LogP contribution in [0.2, 0.25) is 0 Å². The van der Waals surface area contributed by atoms with Crippen LogP contribution in [0.15, 0.2) is 127 Å². The smallest absolute Gasteiger partial charge is 0.416 e. The van der Waals surface area contributed by atoms with Gasteiger partial charge >= 0.3 is 30.8 Å². The van der Waals surface area contributed by atoms with Crippen molar-refractivity contribution in [2.75, 3.05) is 39.4 Å². The van der Waals surface area contributed by atoms with Gasteiger partial charge in [-0.1, -0.05) is 91.0 Å². The third-order valence-electron chi connectivity index (χ3n) is 16.1. The van der Waals surface area contributed by atoms with Crippen molar-refractivity contribution >= 4 is 17.9 Å². The molecule has 0 spiro atoms. The first kappa shape index (κ1) is 62.4. The van der Waals surface area contributed by atoms with Gasteiger partial charge in [-0.3, -0.25) is 14.5 Å². The highest BCUT2D eigenvalue weighted by Crippen LogP contribution is 2.47. The summed E-state index contributed by atoms with van der Waals surface area (Å²) in [5, 5.41) is 23.6. The van der Waals surface area contributed by atoms with Gasteiger partial charge in [0.2, 0.25) is 11.8 Å². The molecule has 0 saturated carbocycles. The molecule has 9 rings (SSSR count). The van der Waals surface area contributed by atoms with E-state index in [0.29, 0.717) is 67.7 Å². The van der Waals surface area contributed by atoms with Crippen molar-refractivity contribution < 1.29 is 81.3 Å². The molecule has 4 fully saturated rings. The van der Waals surface area contributed by atoms with Crippen LogP contribution in [0.25, 0.3) is 0 Å². The molecule has 12 nitrogen and oxygen atoms in total. The Hall–Kier alpha value is -7.67. The summed E-state index contributed by atoms with van der Waals surface area (Å²) in [4.78, 5) is 42.8. The fourth-order valence-electron chi connectivity index (χ4n) is 10.9. The molecule has 3 amide bonds. The highest BCUT2D eigenvalue weighted by atomic mass is 19.4. The van der Waals surface area contributed by atoms with Crippen molar-refractivity contribution in [2.45, 2.75) is 118 Å². The Kier molecular flexibility index (Phi) is 17.9. The Morgan fingerprint density at radius 1 is 0.571 bits per heavy atom. The summed E-state index contributed by atoms with van der Waals surface area (Å²) in [6.45, 7) is 2.84. The van der Waals surface area contributed by atoms with Crippen molar-refractivity contribution in [3.05, 3.63) is 177 Å². The molecule has 84 heavy (non-hydrogen) atoms. The van der Waals surface area contributed by atoms with E-state index >= 15 is 0 Å². The van der Waals surface area contributed by atoms with Crippen LogP contribution in [-0.4, -0.2) is 83.1 Å². The van der Waals surface area contributed by atoms with Crippen LogP contribution in [0, 0.1) is 22.7 Å². The molecule has 0 aromatic heterocycles. The van der Waals surface area contributed by atoms with Crippen LogP contribution in [0.5, 0.6) is 0 Å². The van der Waals surface area contributed by atoms with E-state index in [1.54, 1.807) is 77.7 Å². The summed E-state index contributed by atoms with van der Waals surface area (Å²) in [5.74, 6) is -0.350. The van der Waals surface area contributed by atoms with Crippen LogP contribution in [0.1, 0.15) is 115 Å². The molecule has 1 N–H and O–H groups in total. The van der Waals surface area contributed by atoms with E-state index in [1.807, 2.05) is 18.2 Å². The average molecular weight is 1190 g/mol. The summed E-state index contributed by atoms with van der Waals surface area (Å²) >= 11 is 0. The minimum absolute atomic E-state index is 0.0475. The van der Waals surface area contributed by atoms with E-state index in [1.165, 1.54) is 23.6 Å². The average Bonchev–Trinajstić information content (AvgIpc) is 1.23. The molecule has 6 atom stereocenters. The summed E-state index contributed by atoms with van der Waals surface area (Å²) in [5.41, 5.74) is -8.98. The zero-order chi connectivity index (χ0) is 61.1. The zero-order valence-electron chi connectivity index (χ0n) is 45.2. The Balaban J connectivity index is 0.000000225. The quantitative estimate of drug-likeness (QED) is 0.0847. The number of nitrogens with zero attached hydrogens (tertiary/aromatic N) is 5. The van der Waals surface area contributed by atoms with Gasteiger partial charge in [-0.25, -0.2) is 4.79 Å². The number of hydrogen-bond donors (Lipinski definition) is 1. The molecule has 4 saturated heterocycles. The summed E-state index contributed by atoms with van der Waals surface area (Å²) in [6, 6.07) is 33.7. The number of nitrogens with one attached hydrogen (secondary N) is 1. The Bertz CT molecular complexity index is 3190. The molecule has 4 aliphatic rings. The van der Waals surface area contributed by atoms with E-state index in [4.69, 9.17) is 14.2 Å². The molecule has 0 unspecified atom stereocenters. The van der Waals surface area contributed by atoms with Crippen LogP contribution < -0.4 is 5.32 Å². The van der Waals surface area contributed by atoms with E-state index in [9.17, 15) is 77.6 Å². The normalized spacial score (nSPS) is 23.6. The lowest BCUT2D eigenvalue weighted by Crippen LogP contribution is -2.69. The molecule has 5 aromatic carbocycles. The highest BCUT2D eigenvalue weighted by Gasteiger charge is 2.57. The molecule has 4 heterocycles. The number of halogens is 12. The lowest BCUT2D eigenvalue weighted by atomic mass is 9.73. The molecule has 0 aliphatic carbocycles. The molecular weight excluding hydrogens is 1130 g/mol. The summed E-state index contributed by atoms with van der Waals surface area (Å²) in [6.07, 6.45) is -21.7. The van der Waals surface area contributed by atoms with Crippen LogP contribution in [-0.2, 0) is 66.2 Å². The lowest BCUT2D eigenvalue weighted by molar-refractivity contribution is -0.153. The summed E-state index contributed by atoms with van der Waals surface area (Å²) in [7, 11) is 0. The number of piperidine rings is 2. The van der Waals surface area contributed by atoms with Gasteiger partial charge < -0.3 is 29.3 Å². The number of amides is 3. The van der Waals surface area contributed by atoms with Crippen molar-refractivity contribution in [3.8, 4) is 12.1 Å². The number of rotatable bonds is 14. The van der Waals surface area contributed by atoms with Crippen LogP contribution >= 0.6 is 0 Å². The topological polar surface area (TPSA) is 148 Å². The van der Waals surface area contributed by atoms with Gasteiger partial charge in [0.05, 0.1) is 77.4 Å². The van der Waals surface area contributed by atoms with E-state index in [2.05, 4.69) is 17.5 Å². The molecule has 24 heteroatoms. The Morgan fingerprint density at radius 3 is 1.38 bits per heavy atom. The van der Waals surface area contributed by atoms with E-state index < -0.39 is 87.4 Å². The molecule has 4 aliphatic heterocycles. The largest absolute Gasteiger partial charge is 0.445 e. The first-order valence-electron chi connectivity index (χ1n) is 26.6. The van der Waals surface area contributed by atoms with Gasteiger partial charge in [-0.15, -0.1) is 0 Å². The number of carbonyl (C=O) groups is 3. The number of ether oxygens (including phenoxy) is 3. The third-order valence-corrected chi connectivity index (χ3v) is 16.1. The predicted octanol–water partition coefficient (Wildman–Crippen LogP) is 13.2. The standard InChI is InChI=1S/C34H31F6N3O4.C26H25F6N3O2/c1-23(25-16-27(33(35,36)37)18-28(17-25)34(38,39)40)47-22-32(26-10-6-3-7-11-26)14-13-31(20-41,42-15-12-29(42)44)21-43(32)30(45)46-19-24-8-4-2-5-9-24;1-17(18-11-20(25(27,28)29)13-21(12-18)26(30,31)32)37-16-24(19-5-3-2-4-6-19)9-8-23(14-33,15-34-24)35-10-7-22(35)36/h2-11,16-18,23H,12-15,19,21-22H2,1H3;2-6,11-13,17,34H,7-10,15-16H2,1H3/t23-,31-,32-;17-,23-,24-/m11/s1. The van der Waals surface area contributed by atoms with Crippen LogP contribution in [0.4, 0.5) is 57.5 Å². The first-order chi connectivity index (χ1) is 39.5. The Morgan fingerprint density at radius 2 is 0.988 bits per heavy atom. The maximum Gasteiger partial charge on any atom is 0.416 e. The minimum Gasteiger partial charge on any atom is -0.445 e. The second-order valence-electron chi connectivity index (χ2n) is 21.3. The fourth-order valence-corrected chi connectivity index (χ4v) is 10.9. The Labute approximate surface area is 475 Å². The van der Waals surface area contributed by atoms with Crippen molar-refractivity contribution in [2.24, 2.45) is 0 Å². The molecule has 446 valence electrons. The monoisotopic (exact) mass is 1180 g/mol. The second-order valence-corrected chi connectivity index (χ2v) is 21.3. The van der Waals surface area contributed by atoms with Crippen molar-refractivity contribution in [1.82, 2.24) is 20.0 Å². The number of carbonyl (C=O) groups excluding carboxylic acids is 3. The SMILES string of the molecule is C[C@@H](OC[C@@]1(c2ccccc2)CC[C@](C#N)(N2CCC2=O)CN1)c1cc(C(F)(F)F)cc(C(F)(F)F)c1.C[C@@H](OC[C@@]1(c2ccccc2)CC[C@](C#N)(N2CCC2=O)CN1C(=O)OCc1ccccc1)c1cc(C(F)(F)F)cc(C(F)(F)F)c1. The maximum absolute atomic E-state index is 14.0. The zero-order valence-corrected chi connectivity index (χ0v) is 45.2. The minimum atomic E-state index is -5.04. The van der Waals surface area contributed by atoms with Crippen LogP contribution in [0.3, 0.4) is 0 Å². The molecule has 0 radical (unpaired) electrons. The second kappa shape index (κ2) is 24.1. The maximum atomic E-state index is 14.0. The van der Waals surface area contributed by atoms with Gasteiger partial charge in [0.25, 0.3) is 0 Å². The fraction of sp³-hybridized carbons (Fsp3) is 0.417. The van der Waals surface area contributed by atoms with Gasteiger partial charge in [0.1, 0.15) is 17.7 Å². The number of nitriles is 2. The predicted molar refractivity (Wildman–Crippen MR) is 277 cm³/mol. The third kappa shape index (κ3) is 13.3. The number of benzene rings is 5. The highest BCUT2D eigenvalue weighted by molar-refractivity contribution is 5.84. The number of hydrogen-bond acceptors (Lipinski definition) is 9. The molecule has 5 aromatic rings. The lowest BCUT2D eigenvalue weighted by Gasteiger charge is -2.55. The number of β-lactam (4-membered cyclic amide) rings is 2. The number of alkyl halides is 12. The van der Waals surface area contributed by atoms with Crippen molar-refractivity contribution in [3.63, 3.8) is 0 Å². The van der Waals surface area contributed by atoms with E-state index in [0.717, 1.165) is 5.56 Å². The number of likely N-dealkylation sites (tertiary alicyclic amines) is 3. The first-order valence-corrected chi connectivity index (χ1v) is 26.6. The molecular formula is C60H56F12N6O6. The van der Waals surface area contributed by atoms with Crippen molar-refractivity contribution in [1.29, 1.82) is 10.5 Å². The van der Waals surface area contributed by atoms with Gasteiger partial charge in [-0.05, 0) is 104 Å². The van der Waals surface area contributed by atoms with E-state index in [-0.39, 0.29) is 87.2 Å².